The van der Waals surface area contributed by atoms with Crippen LogP contribution in [-0.2, 0) is 19.3 Å². The minimum atomic E-state index is -0.133. The Balaban J connectivity index is 1.62. The number of thiophene rings is 1. The van der Waals surface area contributed by atoms with Gasteiger partial charge in [0.05, 0.1) is 19.1 Å². The largest absolute Gasteiger partial charge is 0.493 e. The highest BCUT2D eigenvalue weighted by atomic mass is 32.1. The molecular formula is C19H22N2O3S. The molecule has 1 aromatic carbocycles. The number of hydrogen-bond donors (Lipinski definition) is 1. The fraction of sp³-hybridized carbons (Fsp3) is 0.368. The number of fused-ring (bicyclic) bond motifs is 1. The monoisotopic (exact) mass is 358 g/mol. The van der Waals surface area contributed by atoms with Gasteiger partial charge >= 0.3 is 0 Å². The Bertz CT molecular complexity index is 789. The van der Waals surface area contributed by atoms with Crippen LogP contribution in [0.2, 0.25) is 0 Å². The third kappa shape index (κ3) is 4.02. The molecule has 0 atom stereocenters. The first-order valence-electron chi connectivity index (χ1n) is 8.26. The van der Waals surface area contributed by atoms with E-state index in [1.54, 1.807) is 25.6 Å². The second-order valence-electron chi connectivity index (χ2n) is 6.07. The number of carbonyl (C=O) groups excluding carboxylic acids is 1. The van der Waals surface area contributed by atoms with Gasteiger partial charge in [0.15, 0.2) is 11.5 Å². The lowest BCUT2D eigenvalue weighted by Crippen LogP contribution is -2.18. The van der Waals surface area contributed by atoms with Gasteiger partial charge in [0.2, 0.25) is 0 Å². The molecule has 3 rings (SSSR count). The Kier molecular flexibility index (Phi) is 5.38. The first kappa shape index (κ1) is 17.5. The molecule has 0 unspecified atom stereocenters. The maximum Gasteiger partial charge on any atom is 0.281 e. The molecule has 0 spiro atoms. The molecule has 2 aromatic rings. The van der Waals surface area contributed by atoms with E-state index in [1.165, 1.54) is 16.9 Å². The van der Waals surface area contributed by atoms with Crippen LogP contribution < -0.4 is 14.9 Å². The van der Waals surface area contributed by atoms with Crippen molar-refractivity contribution < 1.29 is 14.3 Å². The van der Waals surface area contributed by atoms with Crippen molar-refractivity contribution in [1.82, 2.24) is 5.43 Å². The van der Waals surface area contributed by atoms with E-state index in [9.17, 15) is 4.79 Å². The summed E-state index contributed by atoms with van der Waals surface area (Å²) in [6, 6.07) is 7.75. The van der Waals surface area contributed by atoms with Crippen molar-refractivity contribution in [3.05, 3.63) is 45.1 Å². The summed E-state index contributed by atoms with van der Waals surface area (Å²) in [5.41, 5.74) is 5.85. The molecule has 0 saturated carbocycles. The van der Waals surface area contributed by atoms with Gasteiger partial charge in [0, 0.05) is 17.0 Å². The quantitative estimate of drug-likeness (QED) is 0.634. The van der Waals surface area contributed by atoms with Gasteiger partial charge in [-0.3, -0.25) is 4.79 Å². The molecule has 0 radical (unpaired) electrons. The van der Waals surface area contributed by atoms with Crippen molar-refractivity contribution in [3.63, 3.8) is 0 Å². The molecule has 0 saturated heterocycles. The number of aryl methyl sites for hydroxylation is 2. The molecule has 1 aliphatic rings. The second-order valence-corrected chi connectivity index (χ2v) is 7.20. The van der Waals surface area contributed by atoms with E-state index in [2.05, 4.69) is 10.5 Å². The van der Waals surface area contributed by atoms with E-state index >= 15 is 0 Å². The molecule has 0 bridgehead atoms. The number of carbonyl (C=O) groups is 1. The van der Waals surface area contributed by atoms with Gasteiger partial charge in [0.1, 0.15) is 0 Å². The number of benzene rings is 1. The molecule has 1 aliphatic carbocycles. The Morgan fingerprint density at radius 2 is 2.00 bits per heavy atom. The van der Waals surface area contributed by atoms with E-state index in [0.29, 0.717) is 17.9 Å². The molecule has 1 aromatic heterocycles. The molecule has 5 nitrogen and oxygen atoms in total. The van der Waals surface area contributed by atoms with Gasteiger partial charge < -0.3 is 9.47 Å². The summed E-state index contributed by atoms with van der Waals surface area (Å²) in [5, 5.41) is 4.23. The Morgan fingerprint density at radius 3 is 2.72 bits per heavy atom. The van der Waals surface area contributed by atoms with Crippen LogP contribution >= 0.6 is 11.3 Å². The minimum absolute atomic E-state index is 0.133. The third-order valence-electron chi connectivity index (χ3n) is 4.23. The van der Waals surface area contributed by atoms with E-state index in [1.807, 2.05) is 31.2 Å². The summed E-state index contributed by atoms with van der Waals surface area (Å²) in [5.74, 6) is 1.25. The molecule has 25 heavy (non-hydrogen) atoms. The predicted octanol–water partition coefficient (Wildman–Crippen LogP) is 3.60. The normalized spacial score (nSPS) is 13.5. The number of rotatable bonds is 6. The molecule has 0 fully saturated rings. The molecule has 1 heterocycles. The molecule has 132 valence electrons. The lowest BCUT2D eigenvalue weighted by Gasteiger charge is -2.09. The summed E-state index contributed by atoms with van der Waals surface area (Å²) in [4.78, 5) is 14.3. The van der Waals surface area contributed by atoms with Crippen LogP contribution in [0.1, 0.15) is 39.0 Å². The average Bonchev–Trinajstić information content (AvgIpc) is 3.21. The highest BCUT2D eigenvalue weighted by Gasteiger charge is 2.18. The first-order valence-corrected chi connectivity index (χ1v) is 9.08. The van der Waals surface area contributed by atoms with Crippen molar-refractivity contribution in [2.75, 3.05) is 14.2 Å². The van der Waals surface area contributed by atoms with Crippen LogP contribution in [0.15, 0.2) is 29.4 Å². The van der Waals surface area contributed by atoms with Crippen molar-refractivity contribution >= 4 is 23.0 Å². The van der Waals surface area contributed by atoms with Crippen molar-refractivity contribution in [1.29, 1.82) is 0 Å². The molecular weight excluding hydrogens is 336 g/mol. The van der Waals surface area contributed by atoms with Crippen LogP contribution in [-0.4, -0.2) is 25.8 Å². The molecule has 1 N–H and O–H groups in total. The number of hydrazone groups is 1. The van der Waals surface area contributed by atoms with Crippen LogP contribution in [0, 0.1) is 0 Å². The third-order valence-corrected chi connectivity index (χ3v) is 5.46. The zero-order valence-corrected chi connectivity index (χ0v) is 15.5. The summed E-state index contributed by atoms with van der Waals surface area (Å²) < 4.78 is 10.5. The van der Waals surface area contributed by atoms with Crippen molar-refractivity contribution in [2.45, 2.75) is 32.6 Å². The molecule has 0 aliphatic heterocycles. The van der Waals surface area contributed by atoms with Crippen LogP contribution in [0.5, 0.6) is 11.5 Å². The Labute approximate surface area is 151 Å². The zero-order chi connectivity index (χ0) is 17.8. The summed E-state index contributed by atoms with van der Waals surface area (Å²) in [6.45, 7) is 1.89. The fourth-order valence-electron chi connectivity index (χ4n) is 2.97. The number of nitrogens with one attached hydrogen (secondary N) is 1. The lowest BCUT2D eigenvalue weighted by molar-refractivity contribution is 0.0958. The molecule has 1 amide bonds. The molecule has 6 heteroatoms. The summed E-state index contributed by atoms with van der Waals surface area (Å²) in [7, 11) is 3.22. The highest BCUT2D eigenvalue weighted by molar-refractivity contribution is 7.14. The standard InChI is InChI=1S/C19H22N2O3S/c1-12(9-13-7-8-15(23-2)16(10-13)24-3)20-21-19(22)18-11-14-5-4-6-17(14)25-18/h7-8,10-11H,4-6,9H2,1-3H3,(H,21,22)/b20-12-. The van der Waals surface area contributed by atoms with Gasteiger partial charge in [-0.1, -0.05) is 6.07 Å². The van der Waals surface area contributed by atoms with Crippen LogP contribution in [0.25, 0.3) is 0 Å². The number of methoxy groups -OCH3 is 2. The van der Waals surface area contributed by atoms with Gasteiger partial charge in [-0.2, -0.15) is 5.10 Å². The number of hydrogen-bond acceptors (Lipinski definition) is 5. The van der Waals surface area contributed by atoms with E-state index in [4.69, 9.17) is 9.47 Å². The van der Waals surface area contributed by atoms with Crippen LogP contribution in [0.3, 0.4) is 0 Å². The fourth-order valence-corrected chi connectivity index (χ4v) is 4.11. The smallest absolute Gasteiger partial charge is 0.281 e. The average molecular weight is 358 g/mol. The van der Waals surface area contributed by atoms with Crippen molar-refractivity contribution in [2.24, 2.45) is 5.10 Å². The highest BCUT2D eigenvalue weighted by Crippen LogP contribution is 2.30. The topological polar surface area (TPSA) is 59.9 Å². The number of ether oxygens (including phenoxy) is 2. The van der Waals surface area contributed by atoms with Gasteiger partial charge in [-0.05, 0) is 55.5 Å². The van der Waals surface area contributed by atoms with Crippen LogP contribution in [0.4, 0.5) is 0 Å². The minimum Gasteiger partial charge on any atom is -0.493 e. The predicted molar refractivity (Wildman–Crippen MR) is 100 cm³/mol. The van der Waals surface area contributed by atoms with Crippen molar-refractivity contribution in [3.8, 4) is 11.5 Å². The maximum atomic E-state index is 12.2. The summed E-state index contributed by atoms with van der Waals surface area (Å²) >= 11 is 1.58. The van der Waals surface area contributed by atoms with E-state index in [-0.39, 0.29) is 5.91 Å². The first-order chi connectivity index (χ1) is 12.1. The maximum absolute atomic E-state index is 12.2. The zero-order valence-electron chi connectivity index (χ0n) is 14.7. The number of nitrogens with zero attached hydrogens (tertiary/aromatic N) is 1. The van der Waals surface area contributed by atoms with Gasteiger partial charge in [-0.25, -0.2) is 5.43 Å². The van der Waals surface area contributed by atoms with E-state index in [0.717, 1.165) is 29.0 Å². The number of amides is 1. The van der Waals surface area contributed by atoms with Gasteiger partial charge in [-0.15, -0.1) is 11.3 Å². The van der Waals surface area contributed by atoms with Gasteiger partial charge in [0.25, 0.3) is 5.91 Å². The second kappa shape index (κ2) is 7.70. The van der Waals surface area contributed by atoms with E-state index < -0.39 is 0 Å². The summed E-state index contributed by atoms with van der Waals surface area (Å²) in [6.07, 6.45) is 4.00. The lowest BCUT2D eigenvalue weighted by atomic mass is 10.1. The Hall–Kier alpha value is -2.34. The SMILES string of the molecule is COc1ccc(C/C(C)=N\NC(=O)c2cc3c(s2)CCC3)cc1OC. The Morgan fingerprint density at radius 1 is 1.20 bits per heavy atom.